The fourth-order valence-corrected chi connectivity index (χ4v) is 2.03. The number of amides is 1. The smallest absolute Gasteiger partial charge is 0.271 e. The number of carbonyl (C=O) groups is 1. The molecule has 6 heteroatoms. The van der Waals surface area contributed by atoms with E-state index in [9.17, 15) is 9.90 Å². The Hall–Kier alpha value is -2.34. The summed E-state index contributed by atoms with van der Waals surface area (Å²) in [5, 5.41) is 13.4. The third kappa shape index (κ3) is 4.06. The molecular formula is C15H13BrN2O3. The molecule has 0 saturated carbocycles. The molecule has 2 N–H and O–H groups in total. The number of methoxy groups -OCH3 is 1. The highest BCUT2D eigenvalue weighted by Crippen LogP contribution is 2.25. The van der Waals surface area contributed by atoms with Crippen molar-refractivity contribution in [1.29, 1.82) is 0 Å². The number of rotatable bonds is 4. The number of hydrogen-bond donors (Lipinski definition) is 2. The summed E-state index contributed by atoms with van der Waals surface area (Å²) < 4.78 is 5.81. The summed E-state index contributed by atoms with van der Waals surface area (Å²) in [5.74, 6) is 0.0865. The first kappa shape index (κ1) is 15.1. The molecule has 2 rings (SSSR count). The van der Waals surface area contributed by atoms with Gasteiger partial charge in [0, 0.05) is 10.0 Å². The van der Waals surface area contributed by atoms with Crippen LogP contribution in [0.25, 0.3) is 0 Å². The number of ether oxygens (including phenoxy) is 1. The van der Waals surface area contributed by atoms with E-state index in [0.717, 1.165) is 4.47 Å². The Balaban J connectivity index is 2.04. The van der Waals surface area contributed by atoms with Gasteiger partial charge < -0.3 is 9.84 Å². The topological polar surface area (TPSA) is 70.9 Å². The van der Waals surface area contributed by atoms with Gasteiger partial charge in [0.15, 0.2) is 11.5 Å². The molecule has 1 amide bonds. The number of hydrazone groups is 1. The lowest BCUT2D eigenvalue weighted by atomic mass is 10.2. The van der Waals surface area contributed by atoms with Gasteiger partial charge in [0.1, 0.15) is 0 Å². The minimum absolute atomic E-state index is 0.0489. The first-order valence-corrected chi connectivity index (χ1v) is 6.85. The maximum absolute atomic E-state index is 11.9. The van der Waals surface area contributed by atoms with Gasteiger partial charge in [-0.15, -0.1) is 0 Å². The first-order valence-electron chi connectivity index (χ1n) is 6.06. The molecule has 5 nitrogen and oxygen atoms in total. The second-order valence-corrected chi connectivity index (χ2v) is 5.06. The van der Waals surface area contributed by atoms with Crippen LogP contribution in [0.4, 0.5) is 0 Å². The summed E-state index contributed by atoms with van der Waals surface area (Å²) in [5.41, 5.74) is 3.63. The number of benzene rings is 2. The van der Waals surface area contributed by atoms with Crippen LogP contribution in [0.1, 0.15) is 15.9 Å². The monoisotopic (exact) mass is 348 g/mol. The highest BCUT2D eigenvalue weighted by Gasteiger charge is 2.04. The normalized spacial score (nSPS) is 10.6. The van der Waals surface area contributed by atoms with Gasteiger partial charge in [-0.25, -0.2) is 5.43 Å². The van der Waals surface area contributed by atoms with E-state index in [-0.39, 0.29) is 11.7 Å². The number of phenols is 1. The number of carbonyl (C=O) groups excluding carboxylic acids is 1. The lowest BCUT2D eigenvalue weighted by Crippen LogP contribution is -2.17. The third-order valence-corrected chi connectivity index (χ3v) is 3.16. The zero-order valence-corrected chi connectivity index (χ0v) is 12.8. The fourth-order valence-electron chi connectivity index (χ4n) is 1.63. The van der Waals surface area contributed by atoms with Crippen molar-refractivity contribution in [3.05, 3.63) is 58.1 Å². The Morgan fingerprint density at radius 3 is 2.86 bits per heavy atom. The zero-order valence-electron chi connectivity index (χ0n) is 11.2. The van der Waals surface area contributed by atoms with E-state index in [2.05, 4.69) is 26.5 Å². The van der Waals surface area contributed by atoms with Gasteiger partial charge in [0.05, 0.1) is 13.3 Å². The van der Waals surface area contributed by atoms with E-state index in [4.69, 9.17) is 4.74 Å². The molecule has 2 aromatic carbocycles. The van der Waals surface area contributed by atoms with Crippen molar-refractivity contribution in [3.63, 3.8) is 0 Å². The molecule has 21 heavy (non-hydrogen) atoms. The molecule has 0 bridgehead atoms. The van der Waals surface area contributed by atoms with Gasteiger partial charge >= 0.3 is 0 Å². The number of aromatic hydroxyl groups is 1. The van der Waals surface area contributed by atoms with E-state index in [1.807, 2.05) is 6.07 Å². The number of hydrogen-bond acceptors (Lipinski definition) is 4. The minimum atomic E-state index is -0.307. The van der Waals surface area contributed by atoms with Crippen LogP contribution in [0.15, 0.2) is 52.0 Å². The van der Waals surface area contributed by atoms with Crippen LogP contribution < -0.4 is 10.2 Å². The molecule has 0 unspecified atom stereocenters. The van der Waals surface area contributed by atoms with Crippen LogP contribution >= 0.6 is 15.9 Å². The Kier molecular flexibility index (Phi) is 4.94. The van der Waals surface area contributed by atoms with Crippen LogP contribution in [0.2, 0.25) is 0 Å². The Morgan fingerprint density at radius 2 is 2.14 bits per heavy atom. The van der Waals surface area contributed by atoms with Gasteiger partial charge in [0.25, 0.3) is 5.91 Å². The second kappa shape index (κ2) is 6.90. The van der Waals surface area contributed by atoms with Crippen molar-refractivity contribution in [1.82, 2.24) is 5.43 Å². The highest BCUT2D eigenvalue weighted by atomic mass is 79.9. The van der Waals surface area contributed by atoms with Crippen LogP contribution in [0.5, 0.6) is 11.5 Å². The molecule has 0 fully saturated rings. The van der Waals surface area contributed by atoms with Crippen LogP contribution in [0.3, 0.4) is 0 Å². The molecule has 0 aromatic heterocycles. The van der Waals surface area contributed by atoms with Crippen molar-refractivity contribution in [3.8, 4) is 11.5 Å². The van der Waals surface area contributed by atoms with Crippen LogP contribution in [0, 0.1) is 0 Å². The SMILES string of the molecule is COc1cc(/C=N/NC(=O)c2cccc(Br)c2)ccc1O. The van der Waals surface area contributed by atoms with Crippen LogP contribution in [-0.2, 0) is 0 Å². The van der Waals surface area contributed by atoms with E-state index in [1.165, 1.54) is 19.4 Å². The average molecular weight is 349 g/mol. The summed E-state index contributed by atoms with van der Waals surface area (Å²) >= 11 is 3.30. The molecule has 0 saturated heterocycles. The van der Waals surface area contributed by atoms with E-state index >= 15 is 0 Å². The molecule has 0 atom stereocenters. The summed E-state index contributed by atoms with van der Waals surface area (Å²) in [6.45, 7) is 0. The number of halogens is 1. The Bertz CT molecular complexity index is 686. The summed E-state index contributed by atoms with van der Waals surface area (Å²) in [6.07, 6.45) is 1.47. The standard InChI is InChI=1S/C15H13BrN2O3/c1-21-14-7-10(5-6-13(14)19)9-17-18-15(20)11-3-2-4-12(16)8-11/h2-9,19H,1H3,(H,18,20)/b17-9+. The predicted molar refractivity (Wildman–Crippen MR) is 83.9 cm³/mol. The molecule has 0 aliphatic carbocycles. The van der Waals surface area contributed by atoms with Gasteiger partial charge in [-0.3, -0.25) is 4.79 Å². The first-order chi connectivity index (χ1) is 10.1. The maximum Gasteiger partial charge on any atom is 0.271 e. The molecule has 0 aliphatic rings. The van der Waals surface area contributed by atoms with Crippen molar-refractivity contribution in [2.45, 2.75) is 0 Å². The maximum atomic E-state index is 11.9. The van der Waals surface area contributed by atoms with E-state index in [0.29, 0.717) is 16.9 Å². The lowest BCUT2D eigenvalue weighted by Gasteiger charge is -2.03. The second-order valence-electron chi connectivity index (χ2n) is 4.14. The third-order valence-electron chi connectivity index (χ3n) is 2.67. The highest BCUT2D eigenvalue weighted by molar-refractivity contribution is 9.10. The van der Waals surface area contributed by atoms with Crippen molar-refractivity contribution in [2.75, 3.05) is 7.11 Å². The quantitative estimate of drug-likeness (QED) is 0.659. The zero-order chi connectivity index (χ0) is 15.2. The van der Waals surface area contributed by atoms with Crippen molar-refractivity contribution < 1.29 is 14.6 Å². The average Bonchev–Trinajstić information content (AvgIpc) is 2.48. The molecule has 108 valence electrons. The fraction of sp³-hybridized carbons (Fsp3) is 0.0667. The molecule has 0 heterocycles. The summed E-state index contributed by atoms with van der Waals surface area (Å²) in [6, 6.07) is 11.8. The van der Waals surface area contributed by atoms with E-state index < -0.39 is 0 Å². The molecule has 0 spiro atoms. The molecule has 2 aromatic rings. The van der Waals surface area contributed by atoms with E-state index in [1.54, 1.807) is 30.3 Å². The number of nitrogens with one attached hydrogen (secondary N) is 1. The number of phenolic OH excluding ortho intramolecular Hbond substituents is 1. The van der Waals surface area contributed by atoms with Crippen molar-refractivity contribution >= 4 is 28.1 Å². The van der Waals surface area contributed by atoms with Crippen molar-refractivity contribution in [2.24, 2.45) is 5.10 Å². The molecular weight excluding hydrogens is 336 g/mol. The summed E-state index contributed by atoms with van der Waals surface area (Å²) in [7, 11) is 1.46. The van der Waals surface area contributed by atoms with Gasteiger partial charge in [-0.2, -0.15) is 5.10 Å². The Morgan fingerprint density at radius 1 is 1.33 bits per heavy atom. The largest absolute Gasteiger partial charge is 0.504 e. The van der Waals surface area contributed by atoms with Gasteiger partial charge in [0.2, 0.25) is 0 Å². The lowest BCUT2D eigenvalue weighted by molar-refractivity contribution is 0.0955. The molecule has 0 aliphatic heterocycles. The number of nitrogens with zero attached hydrogens (tertiary/aromatic N) is 1. The summed E-state index contributed by atoms with van der Waals surface area (Å²) in [4.78, 5) is 11.9. The predicted octanol–water partition coefficient (Wildman–Crippen LogP) is 2.93. The minimum Gasteiger partial charge on any atom is -0.504 e. The Labute approximate surface area is 130 Å². The van der Waals surface area contributed by atoms with Gasteiger partial charge in [-0.05, 0) is 42.0 Å². The molecule has 0 radical (unpaired) electrons. The van der Waals surface area contributed by atoms with Gasteiger partial charge in [-0.1, -0.05) is 22.0 Å². The van der Waals surface area contributed by atoms with Crippen LogP contribution in [-0.4, -0.2) is 24.3 Å².